The Morgan fingerprint density at radius 2 is 2.00 bits per heavy atom. The van der Waals surface area contributed by atoms with E-state index < -0.39 is 10.0 Å². The Bertz CT molecular complexity index is 547. The highest BCUT2D eigenvalue weighted by Gasteiger charge is 2.14. The van der Waals surface area contributed by atoms with Gasteiger partial charge in [-0.3, -0.25) is 9.74 Å². The number of halogens is 1. The molecule has 0 radical (unpaired) electrons. The third kappa shape index (κ3) is 5.90. The molecule has 21 heavy (non-hydrogen) atoms. The van der Waals surface area contributed by atoms with E-state index in [4.69, 9.17) is 21.2 Å². The summed E-state index contributed by atoms with van der Waals surface area (Å²) in [7, 11) is -3.56. The summed E-state index contributed by atoms with van der Waals surface area (Å²) >= 11 is 5.94. The van der Waals surface area contributed by atoms with Crippen LogP contribution in [0.4, 0.5) is 0 Å². The van der Waals surface area contributed by atoms with Gasteiger partial charge in [-0.1, -0.05) is 34.7 Å². The number of nitrogens with one attached hydrogen (secondary N) is 1. The van der Waals surface area contributed by atoms with Gasteiger partial charge in [0.1, 0.15) is 0 Å². The molecule has 2 rings (SSSR count). The second-order valence-corrected chi connectivity index (χ2v) is 6.83. The first kappa shape index (κ1) is 16.7. The van der Waals surface area contributed by atoms with E-state index in [1.165, 1.54) is 0 Å². The molecule has 1 saturated heterocycles. The lowest BCUT2D eigenvalue weighted by molar-refractivity contribution is 0.0125. The highest BCUT2D eigenvalue weighted by molar-refractivity contribution is 7.88. The molecule has 8 heteroatoms. The molecule has 0 aromatic heterocycles. The molecule has 0 aliphatic carbocycles. The molecule has 0 atom stereocenters. The number of rotatable bonds is 7. The Kier molecular flexibility index (Phi) is 6.40. The van der Waals surface area contributed by atoms with Crippen molar-refractivity contribution in [3.05, 3.63) is 34.9 Å². The van der Waals surface area contributed by atoms with Crippen molar-refractivity contribution in [3.63, 3.8) is 0 Å². The quantitative estimate of drug-likeness (QED) is 0.595. The van der Waals surface area contributed by atoms with Crippen LogP contribution in [0.1, 0.15) is 5.56 Å². The largest absolute Gasteiger partial charge is 0.379 e. The van der Waals surface area contributed by atoms with Crippen molar-refractivity contribution in [1.82, 2.24) is 9.79 Å². The normalized spacial score (nSPS) is 17.0. The van der Waals surface area contributed by atoms with Crippen molar-refractivity contribution in [2.75, 3.05) is 39.5 Å². The van der Waals surface area contributed by atoms with Crippen LogP contribution < -0.4 is 4.89 Å². The van der Waals surface area contributed by atoms with Gasteiger partial charge in [-0.2, -0.15) is 0 Å². The molecule has 1 N–H and O–H groups in total. The van der Waals surface area contributed by atoms with Crippen LogP contribution >= 0.6 is 11.6 Å². The zero-order chi connectivity index (χ0) is 15.1. The minimum atomic E-state index is -3.56. The lowest BCUT2D eigenvalue weighted by Gasteiger charge is -2.26. The average Bonchev–Trinajstić information content (AvgIpc) is 2.47. The van der Waals surface area contributed by atoms with Crippen LogP contribution in [-0.2, 0) is 25.4 Å². The molecule has 0 amide bonds. The van der Waals surface area contributed by atoms with Crippen molar-refractivity contribution in [2.24, 2.45) is 0 Å². The van der Waals surface area contributed by atoms with Crippen molar-refractivity contribution in [1.29, 1.82) is 0 Å². The summed E-state index contributed by atoms with van der Waals surface area (Å²) in [6.45, 7) is 4.06. The van der Waals surface area contributed by atoms with Crippen molar-refractivity contribution >= 4 is 21.6 Å². The van der Waals surface area contributed by atoms with E-state index in [2.05, 4.69) is 9.79 Å². The van der Waals surface area contributed by atoms with Crippen molar-refractivity contribution < 1.29 is 18.0 Å². The minimum Gasteiger partial charge on any atom is -0.379 e. The van der Waals surface area contributed by atoms with E-state index in [9.17, 15) is 8.42 Å². The van der Waals surface area contributed by atoms with Crippen LogP contribution in [-0.4, -0.2) is 52.8 Å². The molecule has 0 saturated carbocycles. The van der Waals surface area contributed by atoms with Crippen molar-refractivity contribution in [3.8, 4) is 0 Å². The number of hydrogen-bond donors (Lipinski definition) is 1. The first-order chi connectivity index (χ1) is 10.1. The minimum absolute atomic E-state index is 0.204. The zero-order valence-electron chi connectivity index (χ0n) is 11.6. The monoisotopic (exact) mass is 334 g/mol. The van der Waals surface area contributed by atoms with Gasteiger partial charge in [0.05, 0.1) is 25.6 Å². The Hall–Kier alpha value is -0.700. The Labute approximate surface area is 130 Å². The summed E-state index contributed by atoms with van der Waals surface area (Å²) in [5.41, 5.74) is 0.545. The summed E-state index contributed by atoms with van der Waals surface area (Å²) < 4.78 is 29.0. The number of nitrogens with zero attached hydrogens (tertiary/aromatic N) is 1. The first-order valence-electron chi connectivity index (χ1n) is 6.71. The predicted molar refractivity (Wildman–Crippen MR) is 80.4 cm³/mol. The Morgan fingerprint density at radius 1 is 1.29 bits per heavy atom. The van der Waals surface area contributed by atoms with E-state index >= 15 is 0 Å². The standard InChI is InChI=1S/C13H19ClN2O4S/c14-13-4-2-1-3-12(13)11-21(17,18)15-20-10-7-16-5-8-19-9-6-16/h1-4,15H,5-11H2. The average molecular weight is 335 g/mol. The van der Waals surface area contributed by atoms with Gasteiger partial charge in [0.15, 0.2) is 0 Å². The van der Waals surface area contributed by atoms with E-state index in [0.29, 0.717) is 37.0 Å². The van der Waals surface area contributed by atoms with Crippen LogP contribution in [0.15, 0.2) is 24.3 Å². The Morgan fingerprint density at radius 3 is 2.71 bits per heavy atom. The fourth-order valence-electron chi connectivity index (χ4n) is 1.98. The number of ether oxygens (including phenoxy) is 1. The predicted octanol–water partition coefficient (Wildman–Crippen LogP) is 1.02. The summed E-state index contributed by atoms with van der Waals surface area (Å²) in [4.78, 5) is 9.34. The number of hydrogen-bond acceptors (Lipinski definition) is 5. The molecule has 1 aromatic rings. The summed E-state index contributed by atoms with van der Waals surface area (Å²) in [6.07, 6.45) is 0. The summed E-state index contributed by atoms with van der Waals surface area (Å²) in [6, 6.07) is 6.84. The number of morpholine rings is 1. The molecule has 118 valence electrons. The van der Waals surface area contributed by atoms with Gasteiger partial charge in [0, 0.05) is 24.7 Å². The van der Waals surface area contributed by atoms with Crippen LogP contribution in [0.25, 0.3) is 0 Å². The smallest absolute Gasteiger partial charge is 0.237 e. The van der Waals surface area contributed by atoms with E-state index in [-0.39, 0.29) is 5.75 Å². The Balaban J connectivity index is 1.72. The fourth-order valence-corrected chi connectivity index (χ4v) is 3.25. The SMILES string of the molecule is O=S(=O)(Cc1ccccc1Cl)NOCCN1CCOCC1. The maximum absolute atomic E-state index is 11.9. The topological polar surface area (TPSA) is 67.9 Å². The third-order valence-electron chi connectivity index (χ3n) is 3.10. The molecule has 0 spiro atoms. The van der Waals surface area contributed by atoms with Crippen LogP contribution in [0.5, 0.6) is 0 Å². The lowest BCUT2D eigenvalue weighted by atomic mass is 10.2. The van der Waals surface area contributed by atoms with Crippen LogP contribution in [0, 0.1) is 0 Å². The van der Waals surface area contributed by atoms with Gasteiger partial charge in [0.2, 0.25) is 10.0 Å². The molecular weight excluding hydrogens is 316 g/mol. The molecule has 0 unspecified atom stereocenters. The van der Waals surface area contributed by atoms with E-state index in [1.807, 2.05) is 0 Å². The number of benzene rings is 1. The lowest BCUT2D eigenvalue weighted by Crippen LogP contribution is -2.39. The van der Waals surface area contributed by atoms with Gasteiger partial charge in [-0.15, -0.1) is 0 Å². The molecule has 0 bridgehead atoms. The zero-order valence-corrected chi connectivity index (χ0v) is 13.2. The maximum Gasteiger partial charge on any atom is 0.237 e. The van der Waals surface area contributed by atoms with Crippen LogP contribution in [0.2, 0.25) is 5.02 Å². The highest BCUT2D eigenvalue weighted by Crippen LogP contribution is 2.17. The first-order valence-corrected chi connectivity index (χ1v) is 8.75. The van der Waals surface area contributed by atoms with Gasteiger partial charge >= 0.3 is 0 Å². The van der Waals surface area contributed by atoms with E-state index in [1.54, 1.807) is 24.3 Å². The van der Waals surface area contributed by atoms with E-state index in [0.717, 1.165) is 13.1 Å². The van der Waals surface area contributed by atoms with Gasteiger partial charge in [0.25, 0.3) is 0 Å². The number of sulfonamides is 1. The maximum atomic E-state index is 11.9. The summed E-state index contributed by atoms with van der Waals surface area (Å²) in [5.74, 6) is -0.204. The summed E-state index contributed by atoms with van der Waals surface area (Å²) in [5, 5.41) is 0.427. The fraction of sp³-hybridized carbons (Fsp3) is 0.538. The second-order valence-electron chi connectivity index (χ2n) is 4.74. The molecule has 1 aromatic carbocycles. The van der Waals surface area contributed by atoms with Crippen LogP contribution in [0.3, 0.4) is 0 Å². The van der Waals surface area contributed by atoms with Gasteiger partial charge in [-0.25, -0.2) is 8.42 Å². The highest BCUT2D eigenvalue weighted by atomic mass is 35.5. The van der Waals surface area contributed by atoms with Gasteiger partial charge < -0.3 is 4.74 Å². The van der Waals surface area contributed by atoms with Crippen molar-refractivity contribution in [2.45, 2.75) is 5.75 Å². The molecule has 1 fully saturated rings. The molecule has 1 aliphatic rings. The molecular formula is C13H19ClN2O4S. The molecule has 1 aliphatic heterocycles. The molecule has 1 heterocycles. The van der Waals surface area contributed by atoms with Gasteiger partial charge in [-0.05, 0) is 11.6 Å². The molecule has 6 nitrogen and oxygen atoms in total. The third-order valence-corrected chi connectivity index (χ3v) is 4.53. The second kappa shape index (κ2) is 8.07.